The zero-order chi connectivity index (χ0) is 19.8. The molecule has 0 unspecified atom stereocenters. The van der Waals surface area contributed by atoms with Gasteiger partial charge in [0.15, 0.2) is 0 Å². The Kier molecular flexibility index (Phi) is 4.52. The van der Waals surface area contributed by atoms with Crippen molar-refractivity contribution >= 4 is 23.0 Å². The number of halogens is 3. The summed E-state index contributed by atoms with van der Waals surface area (Å²) < 4.78 is 54.1. The van der Waals surface area contributed by atoms with Gasteiger partial charge in [0.2, 0.25) is 0 Å². The highest BCUT2D eigenvalue weighted by atomic mass is 19.4. The average molecular weight is 379 g/mol. The summed E-state index contributed by atoms with van der Waals surface area (Å²) >= 11 is 0. The second-order valence-electron chi connectivity index (χ2n) is 5.46. The molecule has 0 atom stereocenters. The van der Waals surface area contributed by atoms with E-state index in [9.17, 15) is 22.8 Å². The maximum Gasteiger partial charge on any atom is 0.416 e. The van der Waals surface area contributed by atoms with Crippen molar-refractivity contribution in [3.63, 3.8) is 0 Å². The number of hydrogen-bond donors (Lipinski definition) is 1. The van der Waals surface area contributed by atoms with Crippen molar-refractivity contribution in [2.24, 2.45) is 5.73 Å². The number of nitrogens with two attached hydrogens (primary N) is 1. The number of alkyl halides is 3. The van der Waals surface area contributed by atoms with Crippen LogP contribution in [0.15, 0.2) is 46.9 Å². The Labute approximate surface area is 150 Å². The quantitative estimate of drug-likeness (QED) is 0.539. The minimum atomic E-state index is -4.58. The van der Waals surface area contributed by atoms with Crippen molar-refractivity contribution in [3.8, 4) is 17.1 Å². The number of primary amides is 1. The standard InChI is InChI=1S/C18H12F3NO5/c1-25-11-5-6-13-12(8-11)14(16(23)27-17(22)24)15(26-13)9-3-2-4-10(7-9)18(19,20)21/h2-8H,1H3,(H2,22,24). The molecular formula is C18H12F3NO5. The van der Waals surface area contributed by atoms with E-state index in [2.05, 4.69) is 4.74 Å². The number of fused-ring (bicyclic) bond motifs is 1. The van der Waals surface area contributed by atoms with Gasteiger partial charge in [-0.15, -0.1) is 0 Å². The third-order valence-corrected chi connectivity index (χ3v) is 3.74. The molecular weight excluding hydrogens is 367 g/mol. The number of rotatable bonds is 3. The summed E-state index contributed by atoms with van der Waals surface area (Å²) in [6.07, 6.45) is -5.94. The molecule has 6 nitrogen and oxygen atoms in total. The first-order valence-electron chi connectivity index (χ1n) is 7.50. The number of ether oxygens (including phenoxy) is 2. The molecule has 1 amide bonds. The van der Waals surface area contributed by atoms with Gasteiger partial charge in [0.1, 0.15) is 22.7 Å². The number of carbonyl (C=O) groups excluding carboxylic acids is 2. The smallest absolute Gasteiger partial charge is 0.416 e. The van der Waals surface area contributed by atoms with Crippen LogP contribution < -0.4 is 10.5 Å². The zero-order valence-electron chi connectivity index (χ0n) is 13.8. The summed E-state index contributed by atoms with van der Waals surface area (Å²) in [5, 5.41) is 0.202. The van der Waals surface area contributed by atoms with Gasteiger partial charge in [-0.05, 0) is 30.3 Å². The average Bonchev–Trinajstić information content (AvgIpc) is 2.99. The molecule has 0 saturated carbocycles. The van der Waals surface area contributed by atoms with Gasteiger partial charge in [0.05, 0.1) is 12.7 Å². The van der Waals surface area contributed by atoms with E-state index < -0.39 is 23.8 Å². The van der Waals surface area contributed by atoms with Gasteiger partial charge in [0.25, 0.3) is 0 Å². The third kappa shape index (κ3) is 3.57. The van der Waals surface area contributed by atoms with Crippen LogP contribution in [0.1, 0.15) is 15.9 Å². The highest BCUT2D eigenvalue weighted by Crippen LogP contribution is 2.38. The van der Waals surface area contributed by atoms with Gasteiger partial charge >= 0.3 is 18.2 Å². The molecule has 1 heterocycles. The molecule has 1 aromatic heterocycles. The first kappa shape index (κ1) is 18.3. The van der Waals surface area contributed by atoms with Crippen molar-refractivity contribution in [1.82, 2.24) is 0 Å². The molecule has 0 spiro atoms. The molecule has 27 heavy (non-hydrogen) atoms. The van der Waals surface area contributed by atoms with Crippen LogP contribution in [-0.2, 0) is 10.9 Å². The fourth-order valence-electron chi connectivity index (χ4n) is 2.59. The molecule has 0 radical (unpaired) electrons. The summed E-state index contributed by atoms with van der Waals surface area (Å²) in [6.45, 7) is 0. The van der Waals surface area contributed by atoms with Gasteiger partial charge < -0.3 is 19.6 Å². The molecule has 0 bridgehead atoms. The number of methoxy groups -OCH3 is 1. The van der Waals surface area contributed by atoms with Crippen molar-refractivity contribution in [3.05, 3.63) is 53.6 Å². The number of furan rings is 1. The molecule has 140 valence electrons. The first-order valence-corrected chi connectivity index (χ1v) is 7.50. The van der Waals surface area contributed by atoms with Crippen LogP contribution in [0.4, 0.5) is 18.0 Å². The van der Waals surface area contributed by atoms with E-state index in [4.69, 9.17) is 14.9 Å². The largest absolute Gasteiger partial charge is 0.497 e. The fourth-order valence-corrected chi connectivity index (χ4v) is 2.59. The lowest BCUT2D eigenvalue weighted by atomic mass is 10.0. The minimum absolute atomic E-state index is 0.0172. The Balaban J connectivity index is 2.26. The van der Waals surface area contributed by atoms with E-state index in [0.29, 0.717) is 5.75 Å². The SMILES string of the molecule is COc1ccc2oc(-c3cccc(C(F)(F)F)c3)c(C(=O)OC(N)=O)c2c1. The van der Waals surface area contributed by atoms with Crippen molar-refractivity contribution in [2.45, 2.75) is 6.18 Å². The Morgan fingerprint density at radius 3 is 2.48 bits per heavy atom. The van der Waals surface area contributed by atoms with E-state index in [1.165, 1.54) is 31.4 Å². The summed E-state index contributed by atoms with van der Waals surface area (Å²) in [7, 11) is 1.40. The van der Waals surface area contributed by atoms with E-state index in [1.807, 2.05) is 0 Å². The lowest BCUT2D eigenvalue weighted by molar-refractivity contribution is -0.137. The maximum absolute atomic E-state index is 13.0. The highest BCUT2D eigenvalue weighted by Gasteiger charge is 2.32. The van der Waals surface area contributed by atoms with Gasteiger partial charge in [0, 0.05) is 10.9 Å². The molecule has 0 aliphatic rings. The summed E-state index contributed by atoms with van der Waals surface area (Å²) in [6, 6.07) is 8.69. The van der Waals surface area contributed by atoms with Crippen LogP contribution >= 0.6 is 0 Å². The molecule has 0 aliphatic heterocycles. The topological polar surface area (TPSA) is 91.8 Å². The van der Waals surface area contributed by atoms with Gasteiger partial charge in [-0.2, -0.15) is 13.2 Å². The first-order chi connectivity index (χ1) is 12.7. The second-order valence-corrected chi connectivity index (χ2v) is 5.46. The summed E-state index contributed by atoms with van der Waals surface area (Å²) in [4.78, 5) is 23.3. The number of benzene rings is 2. The van der Waals surface area contributed by atoms with E-state index in [0.717, 1.165) is 12.1 Å². The normalized spacial score (nSPS) is 11.4. The Hall–Kier alpha value is -3.49. The lowest BCUT2D eigenvalue weighted by Crippen LogP contribution is -2.18. The molecule has 0 fully saturated rings. The van der Waals surface area contributed by atoms with Crippen molar-refractivity contribution < 1.29 is 36.7 Å². The summed E-state index contributed by atoms with van der Waals surface area (Å²) in [5.41, 5.74) is 3.90. The highest BCUT2D eigenvalue weighted by molar-refractivity contribution is 6.11. The minimum Gasteiger partial charge on any atom is -0.497 e. The van der Waals surface area contributed by atoms with Gasteiger partial charge in [-0.25, -0.2) is 9.59 Å². The zero-order valence-corrected chi connectivity index (χ0v) is 13.8. The molecule has 3 rings (SSSR count). The molecule has 3 aromatic rings. The molecule has 2 N–H and O–H groups in total. The van der Waals surface area contributed by atoms with Crippen molar-refractivity contribution in [2.75, 3.05) is 7.11 Å². The van der Waals surface area contributed by atoms with Crippen LogP contribution in [0.5, 0.6) is 5.75 Å². The predicted molar refractivity (Wildman–Crippen MR) is 88.2 cm³/mol. The fraction of sp³-hybridized carbons (Fsp3) is 0.111. The van der Waals surface area contributed by atoms with Crippen LogP contribution in [0.25, 0.3) is 22.3 Å². The van der Waals surface area contributed by atoms with Crippen LogP contribution in [0, 0.1) is 0 Å². The second kappa shape index (κ2) is 6.67. The number of hydrogen-bond acceptors (Lipinski definition) is 5. The molecule has 0 saturated heterocycles. The monoisotopic (exact) mass is 379 g/mol. The number of carbonyl (C=O) groups is 2. The van der Waals surface area contributed by atoms with E-state index >= 15 is 0 Å². The lowest BCUT2D eigenvalue weighted by Gasteiger charge is -2.08. The number of amides is 1. The molecule has 2 aromatic carbocycles. The van der Waals surface area contributed by atoms with Gasteiger partial charge in [-0.3, -0.25) is 0 Å². The Morgan fingerprint density at radius 2 is 1.85 bits per heavy atom. The third-order valence-electron chi connectivity index (χ3n) is 3.74. The molecule has 9 heteroatoms. The maximum atomic E-state index is 13.0. The van der Waals surface area contributed by atoms with Gasteiger partial charge in [-0.1, -0.05) is 12.1 Å². The Morgan fingerprint density at radius 1 is 1.11 bits per heavy atom. The van der Waals surface area contributed by atoms with Crippen LogP contribution in [0.3, 0.4) is 0 Å². The van der Waals surface area contributed by atoms with E-state index in [1.54, 1.807) is 6.07 Å². The summed E-state index contributed by atoms with van der Waals surface area (Å²) in [5.74, 6) is -0.968. The van der Waals surface area contributed by atoms with E-state index in [-0.39, 0.29) is 27.9 Å². The van der Waals surface area contributed by atoms with Crippen LogP contribution in [0.2, 0.25) is 0 Å². The van der Waals surface area contributed by atoms with Crippen LogP contribution in [-0.4, -0.2) is 19.2 Å². The molecule has 0 aliphatic carbocycles. The van der Waals surface area contributed by atoms with Crippen molar-refractivity contribution in [1.29, 1.82) is 0 Å². The predicted octanol–water partition coefficient (Wildman–Crippen LogP) is 4.36. The Bertz CT molecular complexity index is 1040. The number of esters is 1.